The van der Waals surface area contributed by atoms with E-state index in [0.717, 1.165) is 12.8 Å². The molecule has 9 nitrogen and oxygen atoms in total. The Morgan fingerprint density at radius 2 is 1.85 bits per heavy atom. The molecule has 2 heterocycles. The minimum Gasteiger partial charge on any atom is -0.481 e. The summed E-state index contributed by atoms with van der Waals surface area (Å²) >= 11 is 0. The van der Waals surface area contributed by atoms with Gasteiger partial charge in [-0.05, 0) is 40.0 Å². The molecular formula is C17H25N3O6S. The summed E-state index contributed by atoms with van der Waals surface area (Å²) < 4.78 is 33.5. The largest absolute Gasteiger partial charge is 0.481 e. The second-order valence-electron chi connectivity index (χ2n) is 7.89. The van der Waals surface area contributed by atoms with Crippen molar-refractivity contribution in [1.82, 2.24) is 14.8 Å². The van der Waals surface area contributed by atoms with Gasteiger partial charge in [0.2, 0.25) is 15.9 Å². The van der Waals surface area contributed by atoms with Gasteiger partial charge in [-0.25, -0.2) is 8.42 Å². The van der Waals surface area contributed by atoms with E-state index in [1.54, 1.807) is 6.92 Å². The summed E-state index contributed by atoms with van der Waals surface area (Å²) in [4.78, 5) is 26.2. The van der Waals surface area contributed by atoms with Crippen molar-refractivity contribution < 1.29 is 27.6 Å². The van der Waals surface area contributed by atoms with E-state index in [-0.39, 0.29) is 28.8 Å². The van der Waals surface area contributed by atoms with Crippen LogP contribution in [0.15, 0.2) is 9.42 Å². The summed E-state index contributed by atoms with van der Waals surface area (Å²) in [5, 5.41) is 13.1. The van der Waals surface area contributed by atoms with Crippen molar-refractivity contribution in [2.45, 2.75) is 63.3 Å². The van der Waals surface area contributed by atoms with Crippen molar-refractivity contribution in [1.29, 1.82) is 0 Å². The van der Waals surface area contributed by atoms with Crippen LogP contribution in [-0.4, -0.2) is 54.1 Å². The smallest absolute Gasteiger partial charge is 0.311 e. The molecule has 1 aliphatic heterocycles. The first-order chi connectivity index (χ1) is 12.5. The fourth-order valence-electron chi connectivity index (χ4n) is 4.12. The number of likely N-dealkylation sites (tertiary alicyclic amines) is 1. The molecule has 2 N–H and O–H groups in total. The zero-order valence-electron chi connectivity index (χ0n) is 15.7. The molecule has 2 fully saturated rings. The Bertz CT molecular complexity index is 852. The summed E-state index contributed by atoms with van der Waals surface area (Å²) in [6.45, 7) is 5.04. The third kappa shape index (κ3) is 3.36. The van der Waals surface area contributed by atoms with Crippen LogP contribution in [0.25, 0.3) is 0 Å². The molecule has 0 radical (unpaired) electrons. The zero-order chi connectivity index (χ0) is 20.0. The van der Waals surface area contributed by atoms with Crippen molar-refractivity contribution in [3.8, 4) is 0 Å². The summed E-state index contributed by atoms with van der Waals surface area (Å²) in [6, 6.07) is 0. The molecule has 1 aromatic rings. The average Bonchev–Trinajstić information content (AvgIpc) is 3.27. The highest BCUT2D eigenvalue weighted by Crippen LogP contribution is 2.37. The molecule has 1 aromatic heterocycles. The maximum absolute atomic E-state index is 13.3. The molecule has 0 aromatic carbocycles. The molecule has 150 valence electrons. The highest BCUT2D eigenvalue weighted by Gasteiger charge is 2.51. The Labute approximate surface area is 158 Å². The van der Waals surface area contributed by atoms with Gasteiger partial charge in [0.05, 0.1) is 5.41 Å². The van der Waals surface area contributed by atoms with Crippen LogP contribution < -0.4 is 4.72 Å². The Hall–Kier alpha value is -1.94. The molecule has 1 unspecified atom stereocenters. The van der Waals surface area contributed by atoms with Gasteiger partial charge < -0.3 is 14.5 Å². The molecule has 27 heavy (non-hydrogen) atoms. The Kier molecular flexibility index (Phi) is 4.84. The lowest BCUT2D eigenvalue weighted by atomic mass is 9.90. The van der Waals surface area contributed by atoms with Gasteiger partial charge in [-0.2, -0.15) is 4.72 Å². The van der Waals surface area contributed by atoms with Gasteiger partial charge in [-0.3, -0.25) is 9.59 Å². The lowest BCUT2D eigenvalue weighted by molar-refractivity contribution is -0.147. The van der Waals surface area contributed by atoms with Crippen molar-refractivity contribution in [3.63, 3.8) is 0 Å². The normalized spacial score (nSPS) is 25.1. The molecule has 1 amide bonds. The Morgan fingerprint density at radius 3 is 2.33 bits per heavy atom. The lowest BCUT2D eigenvalue weighted by Crippen LogP contribution is -2.58. The van der Waals surface area contributed by atoms with E-state index >= 15 is 0 Å². The summed E-state index contributed by atoms with van der Waals surface area (Å²) in [5.41, 5.74) is -2.02. The van der Waals surface area contributed by atoms with E-state index in [9.17, 15) is 23.1 Å². The number of nitrogens with zero attached hydrogens (tertiary/aromatic N) is 2. The fraction of sp³-hybridized carbons (Fsp3) is 0.706. The number of carboxylic acids is 1. The van der Waals surface area contributed by atoms with Gasteiger partial charge in [-0.1, -0.05) is 18.0 Å². The van der Waals surface area contributed by atoms with Crippen LogP contribution in [0.1, 0.15) is 50.5 Å². The molecule has 1 atom stereocenters. The minimum atomic E-state index is -4.01. The number of rotatable bonds is 5. The van der Waals surface area contributed by atoms with Crippen LogP contribution in [0.3, 0.4) is 0 Å². The summed E-state index contributed by atoms with van der Waals surface area (Å²) in [5.74, 6) is -1.13. The van der Waals surface area contributed by atoms with E-state index in [0.29, 0.717) is 25.8 Å². The lowest BCUT2D eigenvalue weighted by Gasteiger charge is -2.33. The minimum absolute atomic E-state index is 0.0432. The number of hydrogen-bond donors (Lipinski definition) is 2. The van der Waals surface area contributed by atoms with Gasteiger partial charge in [-0.15, -0.1) is 0 Å². The topological polar surface area (TPSA) is 130 Å². The maximum atomic E-state index is 13.3. The molecule has 3 rings (SSSR count). The number of aryl methyl sites for hydroxylation is 2. The predicted octanol–water partition coefficient (Wildman–Crippen LogP) is 1.21. The fourth-order valence-corrected chi connectivity index (χ4v) is 5.87. The highest BCUT2D eigenvalue weighted by molar-refractivity contribution is 7.89. The third-order valence-corrected chi connectivity index (χ3v) is 7.49. The first kappa shape index (κ1) is 19.8. The number of carboxylic acid groups (broad SMARTS) is 1. The molecule has 2 aliphatic rings. The molecule has 0 bridgehead atoms. The van der Waals surface area contributed by atoms with Crippen LogP contribution in [0.5, 0.6) is 0 Å². The van der Waals surface area contributed by atoms with Crippen molar-refractivity contribution in [3.05, 3.63) is 11.5 Å². The number of amides is 1. The standard InChI is InChI=1S/C17H25N3O6S/c1-11-13(12(2)26-18-11)27(24,25)19-17(6-4-5-7-17)14(21)20-9-8-16(3,10-20)15(22)23/h19H,4-10H2,1-3H3,(H,22,23). The number of carbonyl (C=O) groups is 2. The predicted molar refractivity (Wildman–Crippen MR) is 94.4 cm³/mol. The molecule has 1 saturated heterocycles. The van der Waals surface area contributed by atoms with Gasteiger partial charge in [0.15, 0.2) is 5.76 Å². The first-order valence-corrected chi connectivity index (χ1v) is 10.5. The van der Waals surface area contributed by atoms with Crippen LogP contribution >= 0.6 is 0 Å². The molecule has 1 aliphatic carbocycles. The highest BCUT2D eigenvalue weighted by atomic mass is 32.2. The number of sulfonamides is 1. The molecule has 0 spiro atoms. The number of aliphatic carboxylic acids is 1. The Balaban J connectivity index is 1.89. The van der Waals surface area contributed by atoms with E-state index < -0.39 is 26.9 Å². The number of carbonyl (C=O) groups excluding carboxylic acids is 1. The van der Waals surface area contributed by atoms with Crippen LogP contribution in [-0.2, 0) is 19.6 Å². The monoisotopic (exact) mass is 399 g/mol. The van der Waals surface area contributed by atoms with E-state index in [4.69, 9.17) is 4.52 Å². The van der Waals surface area contributed by atoms with Gasteiger partial charge >= 0.3 is 5.97 Å². The second kappa shape index (κ2) is 6.59. The van der Waals surface area contributed by atoms with Gasteiger partial charge in [0.25, 0.3) is 0 Å². The van der Waals surface area contributed by atoms with Crippen LogP contribution in [0.4, 0.5) is 0 Å². The van der Waals surface area contributed by atoms with Crippen molar-refractivity contribution in [2.75, 3.05) is 13.1 Å². The van der Waals surface area contributed by atoms with E-state index in [2.05, 4.69) is 9.88 Å². The summed E-state index contributed by atoms with van der Waals surface area (Å²) in [7, 11) is -4.01. The van der Waals surface area contributed by atoms with Crippen LogP contribution in [0.2, 0.25) is 0 Å². The zero-order valence-corrected chi connectivity index (χ0v) is 16.6. The van der Waals surface area contributed by atoms with Crippen molar-refractivity contribution >= 4 is 21.9 Å². The first-order valence-electron chi connectivity index (χ1n) is 9.00. The van der Waals surface area contributed by atoms with Crippen molar-refractivity contribution in [2.24, 2.45) is 5.41 Å². The maximum Gasteiger partial charge on any atom is 0.311 e. The Morgan fingerprint density at radius 1 is 1.22 bits per heavy atom. The molecular weight excluding hydrogens is 374 g/mol. The summed E-state index contributed by atoms with van der Waals surface area (Å²) in [6.07, 6.45) is 2.56. The number of nitrogens with one attached hydrogen (secondary N) is 1. The average molecular weight is 399 g/mol. The molecule has 1 saturated carbocycles. The van der Waals surface area contributed by atoms with Crippen LogP contribution in [0, 0.1) is 19.3 Å². The second-order valence-corrected chi connectivity index (χ2v) is 9.51. The SMILES string of the molecule is Cc1noc(C)c1S(=O)(=O)NC1(C(=O)N2CCC(C)(C(=O)O)C2)CCCC1. The van der Waals surface area contributed by atoms with E-state index in [1.807, 2.05) is 0 Å². The number of hydrogen-bond acceptors (Lipinski definition) is 6. The van der Waals surface area contributed by atoms with E-state index in [1.165, 1.54) is 18.7 Å². The number of aromatic nitrogens is 1. The third-order valence-electron chi connectivity index (χ3n) is 5.71. The molecule has 10 heteroatoms. The van der Waals surface area contributed by atoms with Gasteiger partial charge in [0, 0.05) is 13.1 Å². The van der Waals surface area contributed by atoms with Gasteiger partial charge in [0.1, 0.15) is 16.1 Å². The quantitative estimate of drug-likeness (QED) is 0.761.